The molecule has 0 unspecified atom stereocenters. The molecule has 2 heterocycles. The minimum absolute atomic E-state index is 0.155. The van der Waals surface area contributed by atoms with Gasteiger partial charge in [0.05, 0.1) is 5.02 Å². The quantitative estimate of drug-likeness (QED) is 0.541. The van der Waals surface area contributed by atoms with Gasteiger partial charge in [0.1, 0.15) is 17.0 Å². The van der Waals surface area contributed by atoms with Crippen LogP contribution in [0.4, 0.5) is 11.4 Å². The molecule has 2 amide bonds. The number of hydrogen-bond donors (Lipinski definition) is 1. The molecule has 160 valence electrons. The number of anilines is 2. The number of hydrogen-bond acceptors (Lipinski definition) is 4. The van der Waals surface area contributed by atoms with Gasteiger partial charge in [0, 0.05) is 29.9 Å². The second kappa shape index (κ2) is 8.94. The van der Waals surface area contributed by atoms with Crippen LogP contribution in [0.15, 0.2) is 47.0 Å². The number of unbranched alkanes of at least 4 members (excludes halogenated alkanes) is 1. The largest absolute Gasteiger partial charge is 0.360 e. The van der Waals surface area contributed by atoms with Crippen molar-refractivity contribution in [2.24, 2.45) is 0 Å². The van der Waals surface area contributed by atoms with Gasteiger partial charge in [-0.05, 0) is 49.6 Å². The van der Waals surface area contributed by atoms with E-state index >= 15 is 0 Å². The average molecular weight is 438 g/mol. The van der Waals surface area contributed by atoms with Crippen molar-refractivity contribution >= 4 is 34.8 Å². The molecule has 2 aromatic carbocycles. The summed E-state index contributed by atoms with van der Waals surface area (Å²) in [7, 11) is 0. The standard InChI is InChI=1S/C24H24ClN3O3/c1-3-4-13-28-20-11-10-17(14-16(20)9-12-21(28)29)26-24(30)22-15(2)31-27-23(22)18-7-5-6-8-19(18)25/h5-8,10-11,14H,3-4,9,12-13H2,1-2H3,(H,26,30). The number of amides is 2. The van der Waals surface area contributed by atoms with E-state index in [9.17, 15) is 9.59 Å². The molecule has 0 radical (unpaired) electrons. The Labute approximate surface area is 186 Å². The molecule has 0 saturated heterocycles. The summed E-state index contributed by atoms with van der Waals surface area (Å²) in [4.78, 5) is 27.3. The second-order valence-electron chi connectivity index (χ2n) is 7.64. The number of nitrogens with one attached hydrogen (secondary N) is 1. The number of nitrogens with zero attached hydrogens (tertiary/aromatic N) is 2. The molecular weight excluding hydrogens is 414 g/mol. The van der Waals surface area contributed by atoms with Gasteiger partial charge >= 0.3 is 0 Å². The molecule has 31 heavy (non-hydrogen) atoms. The van der Waals surface area contributed by atoms with Crippen LogP contribution >= 0.6 is 11.6 Å². The highest BCUT2D eigenvalue weighted by molar-refractivity contribution is 6.33. The summed E-state index contributed by atoms with van der Waals surface area (Å²) < 4.78 is 5.30. The highest BCUT2D eigenvalue weighted by Crippen LogP contribution is 2.33. The molecule has 0 atom stereocenters. The molecule has 0 fully saturated rings. The monoisotopic (exact) mass is 437 g/mol. The van der Waals surface area contributed by atoms with Crippen molar-refractivity contribution in [2.75, 3.05) is 16.8 Å². The number of fused-ring (bicyclic) bond motifs is 1. The Bertz CT molecular complexity index is 1140. The van der Waals surface area contributed by atoms with Crippen molar-refractivity contribution < 1.29 is 14.1 Å². The van der Waals surface area contributed by atoms with E-state index < -0.39 is 0 Å². The van der Waals surface area contributed by atoms with Crippen LogP contribution in [-0.2, 0) is 11.2 Å². The highest BCUT2D eigenvalue weighted by Gasteiger charge is 2.26. The zero-order valence-electron chi connectivity index (χ0n) is 17.6. The van der Waals surface area contributed by atoms with Gasteiger partial charge in [-0.15, -0.1) is 0 Å². The summed E-state index contributed by atoms with van der Waals surface area (Å²) in [6.07, 6.45) is 3.13. The molecule has 1 aliphatic heterocycles. The molecule has 4 rings (SSSR count). The third kappa shape index (κ3) is 4.21. The number of aromatic nitrogens is 1. The van der Waals surface area contributed by atoms with Gasteiger partial charge in [0.25, 0.3) is 5.91 Å². The fraction of sp³-hybridized carbons (Fsp3) is 0.292. The van der Waals surface area contributed by atoms with Crippen molar-refractivity contribution in [1.82, 2.24) is 5.16 Å². The van der Waals surface area contributed by atoms with E-state index in [1.54, 1.807) is 19.1 Å². The summed E-state index contributed by atoms with van der Waals surface area (Å²) in [5.41, 5.74) is 4.06. The highest BCUT2D eigenvalue weighted by atomic mass is 35.5. The second-order valence-corrected chi connectivity index (χ2v) is 8.05. The summed E-state index contributed by atoms with van der Waals surface area (Å²) in [6.45, 7) is 4.53. The van der Waals surface area contributed by atoms with Crippen molar-refractivity contribution in [3.63, 3.8) is 0 Å². The molecule has 0 saturated carbocycles. The lowest BCUT2D eigenvalue weighted by Gasteiger charge is -2.29. The van der Waals surface area contributed by atoms with Crippen molar-refractivity contribution in [1.29, 1.82) is 0 Å². The van der Waals surface area contributed by atoms with E-state index in [1.165, 1.54) is 0 Å². The molecule has 6 nitrogen and oxygen atoms in total. The number of benzene rings is 2. The van der Waals surface area contributed by atoms with Crippen LogP contribution in [0.1, 0.15) is 47.9 Å². The third-order valence-electron chi connectivity index (χ3n) is 5.49. The molecule has 0 bridgehead atoms. The molecule has 0 aliphatic carbocycles. The van der Waals surface area contributed by atoms with Crippen LogP contribution in [0.25, 0.3) is 11.3 Å². The first-order valence-electron chi connectivity index (χ1n) is 10.5. The molecule has 0 spiro atoms. The molecule has 1 aliphatic rings. The van der Waals surface area contributed by atoms with Crippen LogP contribution < -0.4 is 10.2 Å². The van der Waals surface area contributed by atoms with Crippen LogP contribution in [0.5, 0.6) is 0 Å². The maximum absolute atomic E-state index is 13.1. The average Bonchev–Trinajstić information content (AvgIpc) is 3.14. The summed E-state index contributed by atoms with van der Waals surface area (Å²) in [5.74, 6) is 0.257. The molecular formula is C24H24ClN3O3. The Morgan fingerprint density at radius 3 is 2.81 bits per heavy atom. The van der Waals surface area contributed by atoms with E-state index in [4.69, 9.17) is 16.1 Å². The van der Waals surface area contributed by atoms with Gasteiger partial charge in [-0.25, -0.2) is 0 Å². The number of rotatable bonds is 6. The van der Waals surface area contributed by atoms with Crippen LogP contribution in [0.2, 0.25) is 5.02 Å². The van der Waals surface area contributed by atoms with Crippen molar-refractivity contribution in [3.05, 3.63) is 64.4 Å². The Hall–Kier alpha value is -3.12. The normalized spacial score (nSPS) is 13.3. The molecule has 1 aromatic heterocycles. The van der Waals surface area contributed by atoms with Gasteiger partial charge in [-0.2, -0.15) is 0 Å². The summed E-state index contributed by atoms with van der Waals surface area (Å²) >= 11 is 6.30. The Morgan fingerprint density at radius 2 is 2.03 bits per heavy atom. The molecule has 3 aromatic rings. The Balaban J connectivity index is 1.60. The third-order valence-corrected chi connectivity index (χ3v) is 5.82. The zero-order valence-corrected chi connectivity index (χ0v) is 18.3. The lowest BCUT2D eigenvalue weighted by Crippen LogP contribution is -2.35. The molecule has 7 heteroatoms. The summed E-state index contributed by atoms with van der Waals surface area (Å²) in [6, 6.07) is 12.9. The maximum atomic E-state index is 13.1. The van der Waals surface area contributed by atoms with E-state index in [2.05, 4.69) is 17.4 Å². The SMILES string of the molecule is CCCCN1C(=O)CCc2cc(NC(=O)c3c(-c4ccccc4Cl)noc3C)ccc21. The van der Waals surface area contributed by atoms with Crippen molar-refractivity contribution in [3.8, 4) is 11.3 Å². The minimum Gasteiger partial charge on any atom is -0.360 e. The first-order valence-corrected chi connectivity index (χ1v) is 10.8. The minimum atomic E-state index is -0.316. The van der Waals surface area contributed by atoms with Gasteiger partial charge in [-0.3, -0.25) is 9.59 Å². The van der Waals surface area contributed by atoms with Gasteiger partial charge in [0.2, 0.25) is 5.91 Å². The van der Waals surface area contributed by atoms with Crippen molar-refractivity contribution in [2.45, 2.75) is 39.5 Å². The number of aryl methyl sites for hydroxylation is 2. The van der Waals surface area contributed by atoms with Gasteiger partial charge < -0.3 is 14.7 Å². The lowest BCUT2D eigenvalue weighted by molar-refractivity contribution is -0.118. The predicted octanol–water partition coefficient (Wildman–Crippen LogP) is 5.64. The van der Waals surface area contributed by atoms with Crippen LogP contribution in [0, 0.1) is 6.92 Å². The number of halogens is 1. The van der Waals surface area contributed by atoms with E-state index in [0.717, 1.165) is 30.6 Å². The van der Waals surface area contributed by atoms with E-state index in [0.29, 0.717) is 46.1 Å². The Kier molecular flexibility index (Phi) is 6.09. The fourth-order valence-electron chi connectivity index (χ4n) is 3.87. The van der Waals surface area contributed by atoms with E-state index in [1.807, 2.05) is 35.2 Å². The van der Waals surface area contributed by atoms with Gasteiger partial charge in [-0.1, -0.05) is 48.3 Å². The number of carbonyl (C=O) groups excluding carboxylic acids is 2. The van der Waals surface area contributed by atoms with E-state index in [-0.39, 0.29) is 11.8 Å². The number of carbonyl (C=O) groups is 2. The lowest BCUT2D eigenvalue weighted by atomic mass is 9.99. The molecule has 1 N–H and O–H groups in total. The van der Waals surface area contributed by atoms with Gasteiger partial charge in [0.15, 0.2) is 0 Å². The Morgan fingerprint density at radius 1 is 1.23 bits per heavy atom. The van der Waals surface area contributed by atoms with Crippen LogP contribution in [0.3, 0.4) is 0 Å². The topological polar surface area (TPSA) is 75.4 Å². The smallest absolute Gasteiger partial charge is 0.261 e. The summed E-state index contributed by atoms with van der Waals surface area (Å²) in [5, 5.41) is 7.51. The first kappa shape index (κ1) is 21.1. The first-order chi connectivity index (χ1) is 15.0. The fourth-order valence-corrected chi connectivity index (χ4v) is 4.09. The zero-order chi connectivity index (χ0) is 22.0. The maximum Gasteiger partial charge on any atom is 0.261 e. The predicted molar refractivity (Wildman–Crippen MR) is 122 cm³/mol. The van der Waals surface area contributed by atoms with Crippen LogP contribution in [-0.4, -0.2) is 23.5 Å².